The molecule has 0 radical (unpaired) electrons. The lowest BCUT2D eigenvalue weighted by molar-refractivity contribution is 0.0880. The van der Waals surface area contributed by atoms with E-state index in [1.807, 2.05) is 30.3 Å². The zero-order chi connectivity index (χ0) is 13.1. The smallest absolute Gasteiger partial charge is 0.123 e. The van der Waals surface area contributed by atoms with Crippen molar-refractivity contribution in [1.82, 2.24) is 4.90 Å². The van der Waals surface area contributed by atoms with Crippen LogP contribution in [0.3, 0.4) is 0 Å². The highest BCUT2D eigenvalue weighted by Gasteiger charge is 2.24. The van der Waals surface area contributed by atoms with Crippen LogP contribution in [0.2, 0.25) is 0 Å². The van der Waals surface area contributed by atoms with Gasteiger partial charge in [-0.15, -0.1) is 0 Å². The maximum Gasteiger partial charge on any atom is 0.123 e. The summed E-state index contributed by atoms with van der Waals surface area (Å²) in [7, 11) is 0. The normalized spacial score (nSPS) is 19.7. The van der Waals surface area contributed by atoms with Gasteiger partial charge in [-0.1, -0.05) is 42.5 Å². The maximum atomic E-state index is 12.8. The molecule has 3 rings (SSSR count). The molecule has 19 heavy (non-hydrogen) atoms. The van der Waals surface area contributed by atoms with E-state index >= 15 is 0 Å². The third kappa shape index (κ3) is 3.00. The highest BCUT2D eigenvalue weighted by molar-refractivity contribution is 5.19. The second kappa shape index (κ2) is 5.51. The molecule has 0 saturated carbocycles. The van der Waals surface area contributed by atoms with Gasteiger partial charge in [0.15, 0.2) is 0 Å². The van der Waals surface area contributed by atoms with E-state index in [2.05, 4.69) is 17.0 Å². The Labute approximate surface area is 112 Å². The molecule has 0 bridgehead atoms. The number of ether oxygens (including phenoxy) is 1. The molecule has 0 spiro atoms. The van der Waals surface area contributed by atoms with Crippen LogP contribution in [0, 0.1) is 5.82 Å². The molecule has 1 heterocycles. The van der Waals surface area contributed by atoms with Gasteiger partial charge < -0.3 is 4.74 Å². The van der Waals surface area contributed by atoms with Crippen LogP contribution in [0.25, 0.3) is 0 Å². The molecular weight excluding hydrogens is 241 g/mol. The van der Waals surface area contributed by atoms with E-state index in [-0.39, 0.29) is 11.9 Å². The zero-order valence-electron chi connectivity index (χ0n) is 10.6. The van der Waals surface area contributed by atoms with Crippen molar-refractivity contribution in [2.75, 3.05) is 13.3 Å². The van der Waals surface area contributed by atoms with Crippen LogP contribution in [0.5, 0.6) is 0 Å². The molecule has 2 aromatic rings. The van der Waals surface area contributed by atoms with E-state index < -0.39 is 0 Å². The Balaban J connectivity index is 1.62. The molecule has 1 saturated heterocycles. The third-order valence-electron chi connectivity index (χ3n) is 3.37. The third-order valence-corrected chi connectivity index (χ3v) is 3.37. The van der Waals surface area contributed by atoms with Gasteiger partial charge in [-0.05, 0) is 23.3 Å². The molecule has 1 unspecified atom stereocenters. The average molecular weight is 257 g/mol. The summed E-state index contributed by atoms with van der Waals surface area (Å²) in [5.41, 5.74) is 2.32. The van der Waals surface area contributed by atoms with E-state index in [1.54, 1.807) is 0 Å². The van der Waals surface area contributed by atoms with E-state index in [9.17, 15) is 4.39 Å². The van der Waals surface area contributed by atoms with Crippen molar-refractivity contribution in [2.24, 2.45) is 0 Å². The summed E-state index contributed by atoms with van der Waals surface area (Å²) in [6, 6.07) is 16.9. The second-order valence-electron chi connectivity index (χ2n) is 4.83. The molecule has 3 heteroatoms. The van der Waals surface area contributed by atoms with Crippen LogP contribution >= 0.6 is 0 Å². The van der Waals surface area contributed by atoms with Crippen molar-refractivity contribution in [3.63, 3.8) is 0 Å². The van der Waals surface area contributed by atoms with Crippen molar-refractivity contribution < 1.29 is 9.13 Å². The Hall–Kier alpha value is -1.71. The van der Waals surface area contributed by atoms with Crippen LogP contribution in [0.15, 0.2) is 54.6 Å². The fourth-order valence-electron chi connectivity index (χ4n) is 2.36. The Morgan fingerprint density at radius 2 is 1.79 bits per heavy atom. The van der Waals surface area contributed by atoms with Gasteiger partial charge in [0.1, 0.15) is 12.5 Å². The fraction of sp³-hybridized carbons (Fsp3) is 0.250. The molecule has 1 atom stereocenters. The van der Waals surface area contributed by atoms with Crippen molar-refractivity contribution in [3.05, 3.63) is 71.5 Å². The number of halogens is 1. The lowest BCUT2D eigenvalue weighted by Gasteiger charge is -2.13. The number of rotatable bonds is 3. The number of benzene rings is 2. The van der Waals surface area contributed by atoms with Gasteiger partial charge in [-0.2, -0.15) is 0 Å². The minimum absolute atomic E-state index is 0.140. The van der Waals surface area contributed by atoms with Gasteiger partial charge >= 0.3 is 0 Å². The van der Waals surface area contributed by atoms with Crippen LogP contribution in [-0.2, 0) is 11.3 Å². The fourth-order valence-corrected chi connectivity index (χ4v) is 2.36. The molecule has 2 aromatic carbocycles. The summed E-state index contributed by atoms with van der Waals surface area (Å²) in [5.74, 6) is -0.191. The van der Waals surface area contributed by atoms with Gasteiger partial charge in [0.2, 0.25) is 0 Å². The first-order valence-electron chi connectivity index (χ1n) is 6.44. The quantitative estimate of drug-likeness (QED) is 0.836. The minimum atomic E-state index is -0.191. The Morgan fingerprint density at radius 3 is 2.53 bits per heavy atom. The van der Waals surface area contributed by atoms with Crippen LogP contribution in [0.4, 0.5) is 4.39 Å². The molecule has 0 N–H and O–H groups in total. The molecule has 1 aliphatic heterocycles. The average Bonchev–Trinajstić information content (AvgIpc) is 2.91. The van der Waals surface area contributed by atoms with Crippen LogP contribution in [-0.4, -0.2) is 18.2 Å². The predicted molar refractivity (Wildman–Crippen MR) is 71.9 cm³/mol. The number of nitrogens with zero attached hydrogens (tertiary/aromatic N) is 1. The van der Waals surface area contributed by atoms with Gasteiger partial charge in [-0.25, -0.2) is 4.39 Å². The number of hydrogen-bond acceptors (Lipinski definition) is 2. The van der Waals surface area contributed by atoms with Crippen molar-refractivity contribution >= 4 is 0 Å². The Bertz CT molecular complexity index is 526. The largest absolute Gasteiger partial charge is 0.357 e. The van der Waals surface area contributed by atoms with Crippen molar-refractivity contribution in [1.29, 1.82) is 0 Å². The monoisotopic (exact) mass is 257 g/mol. The van der Waals surface area contributed by atoms with Gasteiger partial charge in [0.05, 0.1) is 6.10 Å². The number of hydrogen-bond donors (Lipinski definition) is 0. The maximum absolute atomic E-state index is 12.8. The summed E-state index contributed by atoms with van der Waals surface area (Å²) in [5, 5.41) is 0. The van der Waals surface area contributed by atoms with E-state index in [4.69, 9.17) is 4.74 Å². The Morgan fingerprint density at radius 1 is 1.05 bits per heavy atom. The van der Waals surface area contributed by atoms with Gasteiger partial charge in [0.25, 0.3) is 0 Å². The van der Waals surface area contributed by atoms with Crippen molar-refractivity contribution in [2.45, 2.75) is 12.6 Å². The summed E-state index contributed by atoms with van der Waals surface area (Å²) in [6.07, 6.45) is 0.140. The van der Waals surface area contributed by atoms with Gasteiger partial charge in [0, 0.05) is 13.1 Å². The first-order valence-corrected chi connectivity index (χ1v) is 6.44. The molecule has 2 nitrogen and oxygen atoms in total. The molecule has 1 aliphatic rings. The zero-order valence-corrected chi connectivity index (χ0v) is 10.6. The summed E-state index contributed by atoms with van der Waals surface area (Å²) in [4.78, 5) is 2.23. The SMILES string of the molecule is Fc1ccc(CN2COC(c3ccccc3)C2)cc1. The molecule has 0 aromatic heterocycles. The van der Waals surface area contributed by atoms with Crippen molar-refractivity contribution in [3.8, 4) is 0 Å². The first-order chi connectivity index (χ1) is 9.31. The Kier molecular flexibility index (Phi) is 3.58. The van der Waals surface area contributed by atoms with E-state index in [0.717, 1.165) is 18.7 Å². The molecule has 98 valence electrons. The van der Waals surface area contributed by atoms with Crippen LogP contribution in [0.1, 0.15) is 17.2 Å². The standard InChI is InChI=1S/C16H16FNO/c17-15-8-6-13(7-9-15)10-18-11-16(19-12-18)14-4-2-1-3-5-14/h1-9,16H,10-12H2. The molecule has 0 amide bonds. The summed E-state index contributed by atoms with van der Waals surface area (Å²) < 4.78 is 18.6. The summed E-state index contributed by atoms with van der Waals surface area (Å²) in [6.45, 7) is 2.29. The molecule has 0 aliphatic carbocycles. The van der Waals surface area contributed by atoms with Gasteiger partial charge in [-0.3, -0.25) is 4.90 Å². The first kappa shape index (κ1) is 12.3. The summed E-state index contributed by atoms with van der Waals surface area (Å²) >= 11 is 0. The lowest BCUT2D eigenvalue weighted by Crippen LogP contribution is -2.19. The lowest BCUT2D eigenvalue weighted by atomic mass is 10.1. The van der Waals surface area contributed by atoms with E-state index in [1.165, 1.54) is 17.7 Å². The predicted octanol–water partition coefficient (Wildman–Crippen LogP) is 3.36. The highest BCUT2D eigenvalue weighted by Crippen LogP contribution is 2.25. The molecular formula is C16H16FNO. The van der Waals surface area contributed by atoms with E-state index in [0.29, 0.717) is 6.73 Å². The highest BCUT2D eigenvalue weighted by atomic mass is 19.1. The molecule has 1 fully saturated rings. The minimum Gasteiger partial charge on any atom is -0.357 e. The second-order valence-corrected chi connectivity index (χ2v) is 4.83. The van der Waals surface area contributed by atoms with Crippen LogP contribution < -0.4 is 0 Å². The topological polar surface area (TPSA) is 12.5 Å².